The van der Waals surface area contributed by atoms with Crippen molar-refractivity contribution in [1.82, 2.24) is 19.7 Å². The van der Waals surface area contributed by atoms with Crippen LogP contribution in [0.5, 0.6) is 0 Å². The van der Waals surface area contributed by atoms with Crippen molar-refractivity contribution in [3.05, 3.63) is 47.2 Å². The van der Waals surface area contributed by atoms with E-state index in [1.807, 2.05) is 24.3 Å². The lowest BCUT2D eigenvalue weighted by Gasteiger charge is -2.27. The molecule has 1 aromatic carbocycles. The number of carbonyl (C=O) groups excluding carboxylic acids is 1. The predicted molar refractivity (Wildman–Crippen MR) is 91.1 cm³/mol. The van der Waals surface area contributed by atoms with E-state index in [0.717, 1.165) is 29.0 Å². The quantitative estimate of drug-likeness (QED) is 0.729. The van der Waals surface area contributed by atoms with E-state index in [1.165, 1.54) is 0 Å². The molecule has 25 heavy (non-hydrogen) atoms. The van der Waals surface area contributed by atoms with Gasteiger partial charge in [0, 0.05) is 37.6 Å². The maximum Gasteiger partial charge on any atom is 0.290 e. The van der Waals surface area contributed by atoms with Crippen LogP contribution in [-0.2, 0) is 30.9 Å². The minimum atomic E-state index is -0.129. The van der Waals surface area contributed by atoms with E-state index in [-0.39, 0.29) is 5.91 Å². The number of carbonyl (C=O) groups is 1. The smallest absolute Gasteiger partial charge is 0.290 e. The fraction of sp³-hybridized carbons (Fsp3) is 0.389. The van der Waals surface area contributed by atoms with Gasteiger partial charge in [-0.15, -0.1) is 10.2 Å². The summed E-state index contributed by atoms with van der Waals surface area (Å²) in [6.45, 7) is 4.15. The Morgan fingerprint density at radius 1 is 1.28 bits per heavy atom. The summed E-state index contributed by atoms with van der Waals surface area (Å²) in [5.41, 5.74) is 1.50. The van der Waals surface area contributed by atoms with Crippen molar-refractivity contribution in [3.8, 4) is 0 Å². The molecule has 0 fully saturated rings. The molecule has 0 saturated heterocycles. The van der Waals surface area contributed by atoms with Crippen LogP contribution < -0.4 is 0 Å². The highest BCUT2D eigenvalue weighted by Crippen LogP contribution is 2.28. The number of aromatic nitrogens is 3. The van der Waals surface area contributed by atoms with Gasteiger partial charge in [-0.1, -0.05) is 25.1 Å². The first-order valence-corrected chi connectivity index (χ1v) is 8.42. The van der Waals surface area contributed by atoms with Crippen LogP contribution in [0.2, 0.25) is 0 Å². The van der Waals surface area contributed by atoms with Gasteiger partial charge in [0.15, 0.2) is 11.6 Å². The zero-order valence-corrected chi connectivity index (χ0v) is 14.4. The molecule has 0 atom stereocenters. The molecular formula is C18H20N4O3. The number of hydrogen-bond acceptors (Lipinski definition) is 5. The Hall–Kier alpha value is -2.67. The summed E-state index contributed by atoms with van der Waals surface area (Å²) in [7, 11) is 1.62. The molecule has 0 N–H and O–H groups in total. The minimum absolute atomic E-state index is 0.129. The lowest BCUT2D eigenvalue weighted by atomic mass is 10.1. The van der Waals surface area contributed by atoms with E-state index in [4.69, 9.17) is 9.15 Å². The fourth-order valence-electron chi connectivity index (χ4n) is 3.36. The van der Waals surface area contributed by atoms with E-state index in [0.29, 0.717) is 37.6 Å². The molecule has 3 heterocycles. The summed E-state index contributed by atoms with van der Waals surface area (Å²) in [5.74, 6) is 2.01. The van der Waals surface area contributed by atoms with Crippen molar-refractivity contribution >= 4 is 16.9 Å². The number of rotatable bonds is 4. The molecule has 1 aliphatic rings. The number of furan rings is 1. The van der Waals surface area contributed by atoms with Crippen LogP contribution in [0.1, 0.15) is 34.7 Å². The van der Waals surface area contributed by atoms with Crippen LogP contribution in [-0.4, -0.2) is 39.2 Å². The lowest BCUT2D eigenvalue weighted by Crippen LogP contribution is -2.39. The Balaban J connectivity index is 1.67. The molecular weight excluding hydrogens is 320 g/mol. The molecule has 1 amide bonds. The molecule has 1 aliphatic heterocycles. The number of aryl methyl sites for hydroxylation is 1. The molecule has 2 aromatic heterocycles. The number of hydrogen-bond donors (Lipinski definition) is 0. The van der Waals surface area contributed by atoms with Gasteiger partial charge < -0.3 is 18.6 Å². The summed E-state index contributed by atoms with van der Waals surface area (Å²) in [6, 6.07) is 7.64. The van der Waals surface area contributed by atoms with Crippen molar-refractivity contribution in [2.45, 2.75) is 33.0 Å². The van der Waals surface area contributed by atoms with Crippen molar-refractivity contribution in [3.63, 3.8) is 0 Å². The highest BCUT2D eigenvalue weighted by atomic mass is 16.5. The van der Waals surface area contributed by atoms with Crippen LogP contribution in [0.15, 0.2) is 28.7 Å². The number of nitrogens with zero attached hydrogens (tertiary/aromatic N) is 4. The second-order valence-electron chi connectivity index (χ2n) is 6.10. The van der Waals surface area contributed by atoms with Crippen LogP contribution in [0, 0.1) is 0 Å². The monoisotopic (exact) mass is 340 g/mol. The summed E-state index contributed by atoms with van der Waals surface area (Å²) in [4.78, 5) is 14.8. The summed E-state index contributed by atoms with van der Waals surface area (Å²) < 4.78 is 13.3. The molecule has 7 heteroatoms. The Labute approximate surface area is 145 Å². The Morgan fingerprint density at radius 2 is 2.12 bits per heavy atom. The van der Waals surface area contributed by atoms with E-state index >= 15 is 0 Å². The van der Waals surface area contributed by atoms with E-state index < -0.39 is 0 Å². The first kappa shape index (κ1) is 15.8. The SMILES string of the molecule is CCc1nnc2n1CCN(C(=O)c1oc3ccccc3c1COC)C2. The van der Waals surface area contributed by atoms with Gasteiger partial charge in [0.2, 0.25) is 0 Å². The average Bonchev–Trinajstić information content (AvgIpc) is 3.22. The number of ether oxygens (including phenoxy) is 1. The number of amides is 1. The first-order valence-electron chi connectivity index (χ1n) is 8.42. The van der Waals surface area contributed by atoms with Gasteiger partial charge in [0.25, 0.3) is 5.91 Å². The average molecular weight is 340 g/mol. The Kier molecular flexibility index (Phi) is 4.01. The van der Waals surface area contributed by atoms with Crippen molar-refractivity contribution in [2.24, 2.45) is 0 Å². The van der Waals surface area contributed by atoms with Gasteiger partial charge in [-0.25, -0.2) is 0 Å². The molecule has 4 rings (SSSR count). The summed E-state index contributed by atoms with van der Waals surface area (Å²) >= 11 is 0. The Morgan fingerprint density at radius 3 is 2.92 bits per heavy atom. The molecule has 130 valence electrons. The largest absolute Gasteiger partial charge is 0.451 e. The third kappa shape index (κ3) is 2.60. The van der Waals surface area contributed by atoms with Crippen LogP contribution >= 0.6 is 0 Å². The maximum atomic E-state index is 13.1. The molecule has 0 aliphatic carbocycles. The van der Waals surface area contributed by atoms with Gasteiger partial charge in [-0.2, -0.15) is 0 Å². The summed E-state index contributed by atoms with van der Waals surface area (Å²) in [6.07, 6.45) is 0.836. The standard InChI is InChI=1S/C18H20N4O3/c1-3-15-19-20-16-10-21(8-9-22(15)16)18(23)17-13(11-24-2)12-6-4-5-7-14(12)25-17/h4-7H,3,8-11H2,1-2H3. The topological polar surface area (TPSA) is 73.4 Å². The van der Waals surface area contributed by atoms with Gasteiger partial charge in [0.1, 0.15) is 11.4 Å². The molecule has 0 unspecified atom stereocenters. The first-order chi connectivity index (χ1) is 12.2. The van der Waals surface area contributed by atoms with E-state index in [2.05, 4.69) is 21.7 Å². The van der Waals surface area contributed by atoms with Gasteiger partial charge in [-0.3, -0.25) is 4.79 Å². The van der Waals surface area contributed by atoms with Gasteiger partial charge >= 0.3 is 0 Å². The van der Waals surface area contributed by atoms with Crippen LogP contribution in [0.3, 0.4) is 0 Å². The number of benzene rings is 1. The maximum absolute atomic E-state index is 13.1. The normalized spacial score (nSPS) is 14.1. The van der Waals surface area contributed by atoms with Gasteiger partial charge in [0.05, 0.1) is 13.2 Å². The zero-order chi connectivity index (χ0) is 17.4. The van der Waals surface area contributed by atoms with E-state index in [9.17, 15) is 4.79 Å². The van der Waals surface area contributed by atoms with Crippen molar-refractivity contribution in [2.75, 3.05) is 13.7 Å². The second-order valence-corrected chi connectivity index (χ2v) is 6.10. The number of para-hydroxylation sites is 1. The lowest BCUT2D eigenvalue weighted by molar-refractivity contribution is 0.0670. The highest BCUT2D eigenvalue weighted by molar-refractivity contribution is 5.99. The third-order valence-corrected chi connectivity index (χ3v) is 4.61. The third-order valence-electron chi connectivity index (χ3n) is 4.61. The molecule has 3 aromatic rings. The minimum Gasteiger partial charge on any atom is -0.451 e. The summed E-state index contributed by atoms with van der Waals surface area (Å²) in [5, 5.41) is 9.33. The van der Waals surface area contributed by atoms with E-state index in [1.54, 1.807) is 12.0 Å². The fourth-order valence-corrected chi connectivity index (χ4v) is 3.36. The second kappa shape index (κ2) is 6.33. The molecule has 7 nitrogen and oxygen atoms in total. The van der Waals surface area contributed by atoms with Crippen molar-refractivity contribution < 1.29 is 13.9 Å². The molecule has 0 radical (unpaired) electrons. The zero-order valence-electron chi connectivity index (χ0n) is 14.4. The van der Waals surface area contributed by atoms with Crippen LogP contribution in [0.25, 0.3) is 11.0 Å². The molecule has 0 spiro atoms. The highest BCUT2D eigenvalue weighted by Gasteiger charge is 2.29. The Bertz CT molecular complexity index is 928. The molecule has 0 saturated carbocycles. The predicted octanol–water partition coefficient (Wildman–Crippen LogP) is 2.39. The molecule has 0 bridgehead atoms. The number of methoxy groups -OCH3 is 1. The number of fused-ring (bicyclic) bond motifs is 2. The van der Waals surface area contributed by atoms with Gasteiger partial charge in [-0.05, 0) is 6.07 Å². The van der Waals surface area contributed by atoms with Crippen LogP contribution in [0.4, 0.5) is 0 Å². The van der Waals surface area contributed by atoms with Crippen molar-refractivity contribution in [1.29, 1.82) is 0 Å².